The van der Waals surface area contributed by atoms with E-state index >= 15 is 0 Å². The molecule has 0 saturated carbocycles. The molecule has 2 amide bonds. The molecular formula is C53H81N9O10. The Morgan fingerprint density at radius 2 is 1.18 bits per heavy atom. The summed E-state index contributed by atoms with van der Waals surface area (Å²) in [4.78, 5) is 76.7. The van der Waals surface area contributed by atoms with Crippen molar-refractivity contribution in [1.82, 2.24) is 10.6 Å². The molecule has 2 atom stereocenters. The molecule has 1 heterocycles. The first-order valence-electron chi connectivity index (χ1n) is 25.2. The van der Waals surface area contributed by atoms with E-state index in [0.717, 1.165) is 56.1 Å². The van der Waals surface area contributed by atoms with Crippen LogP contribution in [0.15, 0.2) is 54.6 Å². The summed E-state index contributed by atoms with van der Waals surface area (Å²) in [6.45, 7) is 10.9. The number of rotatable bonds is 35. The maximum atomic E-state index is 14.8. The van der Waals surface area contributed by atoms with Gasteiger partial charge in [-0.15, -0.1) is 0 Å². The Morgan fingerprint density at radius 1 is 0.694 bits per heavy atom. The van der Waals surface area contributed by atoms with Crippen LogP contribution >= 0.6 is 0 Å². The van der Waals surface area contributed by atoms with E-state index in [1.807, 2.05) is 39.8 Å². The maximum Gasteiger partial charge on any atom is 0.223 e. The highest BCUT2D eigenvalue weighted by molar-refractivity contribution is 5.98. The fourth-order valence-corrected chi connectivity index (χ4v) is 8.10. The van der Waals surface area contributed by atoms with E-state index in [9.17, 15) is 29.1 Å². The summed E-state index contributed by atoms with van der Waals surface area (Å²) in [6, 6.07) is 2.92. The third kappa shape index (κ3) is 19.9. The number of hydrogen-bond acceptors (Lipinski definition) is 13. The lowest BCUT2D eigenvalue weighted by Gasteiger charge is -2.19. The van der Waals surface area contributed by atoms with Crippen molar-refractivity contribution in [2.45, 2.75) is 131 Å². The topological polar surface area (TPSA) is 325 Å². The van der Waals surface area contributed by atoms with Crippen molar-refractivity contribution >= 4 is 57.2 Å². The van der Waals surface area contributed by atoms with Crippen molar-refractivity contribution in [3.05, 3.63) is 56.8 Å². The van der Waals surface area contributed by atoms with Crippen molar-refractivity contribution in [1.29, 1.82) is 0 Å². The van der Waals surface area contributed by atoms with Crippen molar-refractivity contribution in [2.75, 3.05) is 53.0 Å². The summed E-state index contributed by atoms with van der Waals surface area (Å²) in [7, 11) is 1.42. The number of aromatic hydroxyl groups is 1. The number of phenolic OH excluding ortho intramolecular Hbond substituents is 1. The van der Waals surface area contributed by atoms with E-state index in [1.54, 1.807) is 0 Å². The Hall–Kier alpha value is -6.63. The number of carbonyl (C=O) groups excluding carboxylic acids is 4. The molecule has 1 aromatic heterocycles. The largest absolute Gasteiger partial charge is 0.507 e. The number of fused-ring (bicyclic) bond motifs is 2. The molecule has 0 aliphatic heterocycles. The summed E-state index contributed by atoms with van der Waals surface area (Å²) in [6.07, 6.45) is 11.9. The zero-order chi connectivity index (χ0) is 53.2. The fourth-order valence-electron chi connectivity index (χ4n) is 8.10. The number of methoxy groups -OCH3 is 1. The zero-order valence-corrected chi connectivity index (χ0v) is 43.4. The number of amides is 2. The van der Waals surface area contributed by atoms with Crippen LogP contribution in [0.25, 0.3) is 21.9 Å². The molecule has 0 aliphatic rings. The number of Topliss-reactive ketones (excluding diaryl/α,β-unsaturated/α-hetero) is 2. The Balaban J connectivity index is 2.06. The van der Waals surface area contributed by atoms with Gasteiger partial charge in [-0.05, 0) is 92.0 Å². The number of unbranched alkanes of at least 4 members (excludes halogenated alkanes) is 5. The van der Waals surface area contributed by atoms with Gasteiger partial charge in [0.25, 0.3) is 0 Å². The lowest BCUT2D eigenvalue weighted by atomic mass is 9.96. The summed E-state index contributed by atoms with van der Waals surface area (Å²) in [5, 5.41) is 17.9. The minimum atomic E-state index is -0.671. The van der Waals surface area contributed by atoms with Crippen LogP contribution in [0.3, 0.4) is 0 Å². The quantitative estimate of drug-likeness (QED) is 0.0116. The normalized spacial score (nSPS) is 11.8. The Labute approximate surface area is 423 Å². The standard InChI is InChI=1S/C53H81N9O10/c1-7-8-9-12-23-59-50(67)35(16-14-25-61-52(55)56)27-37(63)31-70-41-29-43-46(47(65)39(41)20-18-33(2)3)48(66)45-40(21-19-34(4)5)49(69-6)44(30-42(45)72-43)71-32-38(64)28-36(17-15-26-62-53(57)58)51(68)60-24-13-10-11-22-54/h18-19,29-30,35-36,65H,7-17,20-28,31-32,54H2,1-6H3,(H,59,67)(H,60,68)(H4,55,56,61)(H4,57,58,62)/t35-,36-/m1/s1. The second-order valence-electron chi connectivity index (χ2n) is 18.6. The lowest BCUT2D eigenvalue weighted by Crippen LogP contribution is -2.33. The molecule has 0 bridgehead atoms. The highest BCUT2D eigenvalue weighted by Gasteiger charge is 2.27. The maximum absolute atomic E-state index is 14.8. The first-order valence-corrected chi connectivity index (χ1v) is 25.2. The van der Waals surface area contributed by atoms with Crippen molar-refractivity contribution < 1.29 is 42.9 Å². The van der Waals surface area contributed by atoms with Crippen LogP contribution in [0.1, 0.15) is 129 Å². The number of allylic oxidation sites excluding steroid dienone is 4. The number of phenols is 1. The molecule has 3 aromatic rings. The van der Waals surface area contributed by atoms with E-state index in [0.29, 0.717) is 64.0 Å². The van der Waals surface area contributed by atoms with Crippen LogP contribution in [0.2, 0.25) is 0 Å². The molecule has 398 valence electrons. The molecule has 0 radical (unpaired) electrons. The number of carbonyl (C=O) groups is 4. The van der Waals surface area contributed by atoms with Crippen LogP contribution < -0.4 is 58.9 Å². The molecule has 19 nitrogen and oxygen atoms in total. The predicted molar refractivity (Wildman–Crippen MR) is 285 cm³/mol. The summed E-state index contributed by atoms with van der Waals surface area (Å²) < 4.78 is 24.6. The van der Waals surface area contributed by atoms with Gasteiger partial charge < -0.3 is 63.0 Å². The molecule has 13 N–H and O–H groups in total. The highest BCUT2D eigenvalue weighted by atomic mass is 16.5. The molecule has 0 unspecified atom stereocenters. The van der Waals surface area contributed by atoms with Gasteiger partial charge in [-0.2, -0.15) is 0 Å². The number of ketones is 2. The van der Waals surface area contributed by atoms with Crippen LogP contribution in [0, 0.1) is 11.8 Å². The van der Waals surface area contributed by atoms with E-state index in [-0.39, 0.29) is 111 Å². The van der Waals surface area contributed by atoms with Gasteiger partial charge in [0.1, 0.15) is 41.3 Å². The highest BCUT2D eigenvalue weighted by Crippen LogP contribution is 2.42. The average Bonchev–Trinajstić information content (AvgIpc) is 3.32. The average molecular weight is 1000 g/mol. The summed E-state index contributed by atoms with van der Waals surface area (Å²) in [5.74, 6) is -2.67. The van der Waals surface area contributed by atoms with Crippen LogP contribution in [-0.2, 0) is 32.0 Å². The van der Waals surface area contributed by atoms with Gasteiger partial charge in [0, 0.05) is 74.1 Å². The molecule has 0 fully saturated rings. The van der Waals surface area contributed by atoms with E-state index in [2.05, 4.69) is 27.5 Å². The second-order valence-corrected chi connectivity index (χ2v) is 18.6. The molecular weight excluding hydrogens is 923 g/mol. The molecule has 0 spiro atoms. The Morgan fingerprint density at radius 3 is 1.67 bits per heavy atom. The second kappa shape index (κ2) is 31.7. The van der Waals surface area contributed by atoms with E-state index in [1.165, 1.54) is 19.2 Å². The fraction of sp³-hybridized carbons (Fsp3) is 0.566. The smallest absolute Gasteiger partial charge is 0.223 e. The molecule has 3 rings (SSSR count). The third-order valence-electron chi connectivity index (χ3n) is 11.9. The Bertz CT molecular complexity index is 2460. The molecule has 19 heteroatoms. The minimum Gasteiger partial charge on any atom is -0.507 e. The number of guanidine groups is 2. The first-order chi connectivity index (χ1) is 34.4. The Kier molecular flexibility index (Phi) is 26.2. The van der Waals surface area contributed by atoms with Crippen LogP contribution in [0.5, 0.6) is 23.0 Å². The number of nitrogens with two attached hydrogens (primary N) is 5. The monoisotopic (exact) mass is 1000 g/mol. The number of ether oxygens (including phenoxy) is 3. The third-order valence-corrected chi connectivity index (χ3v) is 11.9. The van der Waals surface area contributed by atoms with Gasteiger partial charge in [0.15, 0.2) is 35.0 Å². The van der Waals surface area contributed by atoms with Crippen molar-refractivity contribution in [2.24, 2.45) is 50.5 Å². The minimum absolute atomic E-state index is 0.0357. The van der Waals surface area contributed by atoms with E-state index < -0.39 is 30.5 Å². The van der Waals surface area contributed by atoms with Crippen LogP contribution in [0.4, 0.5) is 0 Å². The number of aliphatic imine (C=N–C) groups is 2. The zero-order valence-electron chi connectivity index (χ0n) is 43.4. The SMILES string of the molecule is CCCCCCNC(=O)[C@H](CCCN=C(N)N)CC(=O)COc1cc2oc3cc(OCC(=O)C[C@@H](CCCN=C(N)N)C(=O)NCCCCCN)c(OC)c(CC=C(C)C)c3c(=O)c2c(O)c1CC=C(C)C. The van der Waals surface area contributed by atoms with Gasteiger partial charge >= 0.3 is 0 Å². The van der Waals surface area contributed by atoms with Gasteiger partial charge in [0.05, 0.1) is 12.5 Å². The van der Waals surface area contributed by atoms with Gasteiger partial charge in [-0.3, -0.25) is 34.0 Å². The van der Waals surface area contributed by atoms with E-state index in [4.69, 9.17) is 47.3 Å². The number of hydrogen-bond donors (Lipinski definition) is 8. The summed E-state index contributed by atoms with van der Waals surface area (Å²) >= 11 is 0. The van der Waals surface area contributed by atoms with Crippen LogP contribution in [-0.4, -0.2) is 93.5 Å². The van der Waals surface area contributed by atoms with Crippen molar-refractivity contribution in [3.8, 4) is 23.0 Å². The molecule has 0 aliphatic carbocycles. The number of nitrogens with one attached hydrogen (secondary N) is 2. The van der Waals surface area contributed by atoms with Gasteiger partial charge in [-0.25, -0.2) is 0 Å². The number of nitrogens with zero attached hydrogens (tertiary/aromatic N) is 2. The summed E-state index contributed by atoms with van der Waals surface area (Å²) in [5.41, 5.74) is 29.6. The molecule has 2 aromatic carbocycles. The van der Waals surface area contributed by atoms with Gasteiger partial charge in [0.2, 0.25) is 17.2 Å². The molecule has 0 saturated heterocycles. The first kappa shape index (κ1) is 59.7. The predicted octanol–water partition coefficient (Wildman–Crippen LogP) is 5.64. The molecule has 72 heavy (non-hydrogen) atoms. The number of benzene rings is 2. The lowest BCUT2D eigenvalue weighted by molar-refractivity contribution is -0.130. The van der Waals surface area contributed by atoms with Crippen molar-refractivity contribution in [3.63, 3.8) is 0 Å². The van der Waals surface area contributed by atoms with Gasteiger partial charge in [-0.1, -0.05) is 55.9 Å².